The van der Waals surface area contributed by atoms with Crippen molar-refractivity contribution in [2.24, 2.45) is 10.9 Å². The lowest BCUT2D eigenvalue weighted by atomic mass is 9.95. The molecule has 232 valence electrons. The minimum absolute atomic E-state index is 0.0573. The molecule has 0 bridgehead atoms. The maximum absolute atomic E-state index is 14.2. The number of anilines is 1. The number of nitro benzene ring substituents is 1. The van der Waals surface area contributed by atoms with Gasteiger partial charge in [-0.05, 0) is 69.4 Å². The number of methoxy groups -OCH3 is 1. The van der Waals surface area contributed by atoms with E-state index in [4.69, 9.17) is 14.2 Å². The van der Waals surface area contributed by atoms with Gasteiger partial charge in [0.2, 0.25) is 0 Å². The molecule has 0 amide bonds. The molecule has 44 heavy (non-hydrogen) atoms. The summed E-state index contributed by atoms with van der Waals surface area (Å²) in [7, 11) is 1.54. The van der Waals surface area contributed by atoms with Crippen molar-refractivity contribution < 1.29 is 23.9 Å². The molecular formula is C32H36N4O7S. The normalized spacial score (nSPS) is 17.2. The number of nitrogens with zero attached hydrogens (tertiary/aromatic N) is 4. The minimum atomic E-state index is -0.842. The van der Waals surface area contributed by atoms with Gasteiger partial charge in [0.25, 0.3) is 11.2 Å². The Morgan fingerprint density at radius 1 is 1.14 bits per heavy atom. The number of thiazole rings is 1. The van der Waals surface area contributed by atoms with Crippen molar-refractivity contribution in [3.05, 3.63) is 88.6 Å². The molecule has 1 aromatic heterocycles. The summed E-state index contributed by atoms with van der Waals surface area (Å²) in [5.41, 5.74) is 2.30. The van der Waals surface area contributed by atoms with Crippen LogP contribution < -0.4 is 29.3 Å². The number of allylic oxidation sites excluding steroid dienone is 1. The van der Waals surface area contributed by atoms with Gasteiger partial charge in [-0.15, -0.1) is 0 Å². The lowest BCUT2D eigenvalue weighted by Gasteiger charge is -2.33. The van der Waals surface area contributed by atoms with Crippen LogP contribution in [-0.4, -0.2) is 48.9 Å². The van der Waals surface area contributed by atoms with Crippen molar-refractivity contribution in [1.29, 1.82) is 0 Å². The molecule has 2 aromatic carbocycles. The van der Waals surface area contributed by atoms with Gasteiger partial charge in [-0.1, -0.05) is 24.3 Å². The van der Waals surface area contributed by atoms with E-state index in [-0.39, 0.29) is 23.4 Å². The van der Waals surface area contributed by atoms with Crippen LogP contribution in [0.5, 0.6) is 11.5 Å². The molecule has 0 unspecified atom stereocenters. The highest BCUT2D eigenvalue weighted by molar-refractivity contribution is 7.07. The monoisotopic (exact) mass is 620 g/mol. The molecule has 0 N–H and O–H groups in total. The zero-order chi connectivity index (χ0) is 31.5. The Morgan fingerprint density at radius 3 is 2.55 bits per heavy atom. The predicted molar refractivity (Wildman–Crippen MR) is 168 cm³/mol. The summed E-state index contributed by atoms with van der Waals surface area (Å²) < 4.78 is 18.5. The molecule has 0 aliphatic carbocycles. The average Bonchev–Trinajstić information content (AvgIpc) is 3.30. The van der Waals surface area contributed by atoms with Crippen LogP contribution in [0.4, 0.5) is 11.4 Å². The number of non-ortho nitro benzene ring substituents is 1. The highest BCUT2D eigenvalue weighted by Gasteiger charge is 2.34. The van der Waals surface area contributed by atoms with E-state index in [0.717, 1.165) is 31.6 Å². The maximum atomic E-state index is 14.2. The first-order valence-electron chi connectivity index (χ1n) is 14.7. The third-order valence-electron chi connectivity index (χ3n) is 7.95. The van der Waals surface area contributed by atoms with Crippen LogP contribution >= 0.6 is 11.3 Å². The predicted octanol–water partition coefficient (Wildman–Crippen LogP) is 4.35. The molecule has 2 aliphatic rings. The second kappa shape index (κ2) is 13.0. The minimum Gasteiger partial charge on any atom is -0.493 e. The van der Waals surface area contributed by atoms with E-state index in [0.29, 0.717) is 50.2 Å². The van der Waals surface area contributed by atoms with Crippen LogP contribution in [0.2, 0.25) is 0 Å². The topological polar surface area (TPSA) is 126 Å². The van der Waals surface area contributed by atoms with Crippen molar-refractivity contribution in [2.75, 3.05) is 38.3 Å². The summed E-state index contributed by atoms with van der Waals surface area (Å²) in [4.78, 5) is 46.1. The molecule has 0 spiro atoms. The van der Waals surface area contributed by atoms with Gasteiger partial charge in [0.05, 0.1) is 47.1 Å². The molecule has 1 saturated heterocycles. The van der Waals surface area contributed by atoms with E-state index in [1.165, 1.54) is 28.0 Å². The summed E-state index contributed by atoms with van der Waals surface area (Å²) in [5.74, 6) is 1.04. The fraction of sp³-hybridized carbons (Fsp3) is 0.406. The van der Waals surface area contributed by atoms with E-state index in [1.54, 1.807) is 51.3 Å². The summed E-state index contributed by atoms with van der Waals surface area (Å²) in [5, 5.41) is 11.7. The third kappa shape index (κ3) is 5.99. The van der Waals surface area contributed by atoms with Gasteiger partial charge in [0.15, 0.2) is 16.3 Å². The summed E-state index contributed by atoms with van der Waals surface area (Å²) in [6.45, 7) is 9.71. The number of aromatic nitrogens is 1. The molecule has 3 aromatic rings. The van der Waals surface area contributed by atoms with Gasteiger partial charge in [0, 0.05) is 36.5 Å². The highest BCUT2D eigenvalue weighted by Crippen LogP contribution is 2.36. The molecule has 1 atom stereocenters. The van der Waals surface area contributed by atoms with E-state index in [1.807, 2.05) is 6.92 Å². The van der Waals surface area contributed by atoms with Crippen LogP contribution in [0.3, 0.4) is 0 Å². The molecular weight excluding hydrogens is 584 g/mol. The Morgan fingerprint density at radius 2 is 1.89 bits per heavy atom. The third-order valence-corrected chi connectivity index (χ3v) is 8.94. The number of carbonyl (C=O) groups excluding carboxylic acids is 1. The number of hydrogen-bond donors (Lipinski definition) is 0. The lowest BCUT2D eigenvalue weighted by molar-refractivity contribution is -0.384. The smallest absolute Gasteiger partial charge is 0.338 e. The fourth-order valence-electron chi connectivity index (χ4n) is 5.69. The van der Waals surface area contributed by atoms with Gasteiger partial charge in [-0.2, -0.15) is 0 Å². The number of rotatable bonds is 9. The Labute approximate surface area is 258 Å². The zero-order valence-electron chi connectivity index (χ0n) is 25.5. The molecule has 1 fully saturated rings. The summed E-state index contributed by atoms with van der Waals surface area (Å²) in [6, 6.07) is 9.22. The van der Waals surface area contributed by atoms with Gasteiger partial charge >= 0.3 is 5.97 Å². The first-order valence-corrected chi connectivity index (χ1v) is 15.5. The van der Waals surface area contributed by atoms with Gasteiger partial charge in [0.1, 0.15) is 0 Å². The standard InChI is InChI=1S/C32H36N4O7S/c1-6-42-26-17-21(8-11-25(26)41-5)29-28(31(38)43-7-2)20(4)33-32-35(29)30(37)27(44-32)18-22-16-23(36(39)40)9-10-24(22)34-14-12-19(3)13-15-34/h8-11,16-19,29H,6-7,12-15H2,1-5H3/b27-18+/t29-/m0/s1. The van der Waals surface area contributed by atoms with E-state index in [9.17, 15) is 19.7 Å². The number of fused-ring (bicyclic) bond motifs is 1. The van der Waals surface area contributed by atoms with E-state index in [2.05, 4.69) is 16.8 Å². The van der Waals surface area contributed by atoms with Crippen LogP contribution in [0.1, 0.15) is 57.7 Å². The molecule has 11 nitrogen and oxygen atoms in total. The van der Waals surface area contributed by atoms with Crippen molar-refractivity contribution in [2.45, 2.75) is 46.6 Å². The first-order chi connectivity index (χ1) is 21.2. The van der Waals surface area contributed by atoms with Crippen LogP contribution in [0.25, 0.3) is 6.08 Å². The van der Waals surface area contributed by atoms with Crippen molar-refractivity contribution >= 4 is 34.8 Å². The van der Waals surface area contributed by atoms with Gasteiger partial charge in [-0.25, -0.2) is 9.79 Å². The Balaban J connectivity index is 1.71. The van der Waals surface area contributed by atoms with Crippen molar-refractivity contribution in [3.8, 4) is 11.5 Å². The number of nitro groups is 1. The number of carbonyl (C=O) groups is 1. The van der Waals surface area contributed by atoms with Crippen molar-refractivity contribution in [3.63, 3.8) is 0 Å². The SMILES string of the molecule is CCOC(=O)C1=C(C)N=c2s/c(=C/c3cc([N+](=O)[O-])ccc3N3CCC(C)CC3)c(=O)n2[C@H]1c1ccc(OC)c(OCC)c1. The lowest BCUT2D eigenvalue weighted by Crippen LogP contribution is -2.40. The van der Waals surface area contributed by atoms with E-state index < -0.39 is 16.9 Å². The first kappa shape index (κ1) is 31.0. The average molecular weight is 621 g/mol. The number of piperidine rings is 1. The van der Waals surface area contributed by atoms with Crippen LogP contribution in [0.15, 0.2) is 57.5 Å². The molecule has 2 aliphatic heterocycles. The van der Waals surface area contributed by atoms with Crippen molar-refractivity contribution in [1.82, 2.24) is 4.57 Å². The number of esters is 1. The van der Waals surface area contributed by atoms with Gasteiger partial charge in [-0.3, -0.25) is 19.5 Å². The van der Waals surface area contributed by atoms with E-state index >= 15 is 0 Å². The number of benzene rings is 2. The second-order valence-corrected chi connectivity index (χ2v) is 11.8. The molecule has 5 rings (SSSR count). The quantitative estimate of drug-likeness (QED) is 0.196. The second-order valence-electron chi connectivity index (χ2n) is 10.8. The Hall–Kier alpha value is -4.45. The Bertz CT molecular complexity index is 1800. The van der Waals surface area contributed by atoms with Crippen LogP contribution in [0, 0.1) is 16.0 Å². The summed E-state index contributed by atoms with van der Waals surface area (Å²) in [6.07, 6.45) is 3.73. The van der Waals surface area contributed by atoms with Crippen LogP contribution in [-0.2, 0) is 9.53 Å². The molecule has 3 heterocycles. The molecule has 12 heteroatoms. The summed E-state index contributed by atoms with van der Waals surface area (Å²) >= 11 is 1.18. The number of hydrogen-bond acceptors (Lipinski definition) is 10. The van der Waals surface area contributed by atoms with Gasteiger partial charge < -0.3 is 19.1 Å². The largest absolute Gasteiger partial charge is 0.493 e. The highest BCUT2D eigenvalue weighted by atomic mass is 32.1. The Kier molecular flexibility index (Phi) is 9.19. The number of ether oxygens (including phenoxy) is 3. The fourth-order valence-corrected chi connectivity index (χ4v) is 6.73. The maximum Gasteiger partial charge on any atom is 0.338 e. The zero-order valence-corrected chi connectivity index (χ0v) is 26.3. The molecule has 0 saturated carbocycles. The molecule has 0 radical (unpaired) electrons.